The summed E-state index contributed by atoms with van der Waals surface area (Å²) in [6, 6.07) is 2.18. The van der Waals surface area contributed by atoms with Crippen molar-refractivity contribution in [2.75, 3.05) is 0 Å². The number of aliphatic hydroxyl groups excluding tert-OH is 1. The number of hydrogen-bond acceptors (Lipinski definition) is 2. The van der Waals surface area contributed by atoms with Gasteiger partial charge in [0.15, 0.2) is 0 Å². The van der Waals surface area contributed by atoms with E-state index in [9.17, 15) is 5.11 Å². The molecular weight excluding hydrogens is 162 g/mol. The first-order valence-electron chi connectivity index (χ1n) is 4.98. The van der Waals surface area contributed by atoms with E-state index in [1.165, 1.54) is 0 Å². The fourth-order valence-electron chi connectivity index (χ4n) is 1.42. The summed E-state index contributed by atoms with van der Waals surface area (Å²) in [6.45, 7) is 8.28. The molecule has 13 heavy (non-hydrogen) atoms. The molecule has 0 fully saturated rings. The van der Waals surface area contributed by atoms with Crippen LogP contribution in [0.25, 0.3) is 0 Å². The SMILES string of the molecule is CCCC(C#N)C(O)CC(C)(C)C. The zero-order valence-corrected chi connectivity index (χ0v) is 9.17. The minimum absolute atomic E-state index is 0.0995. The fraction of sp³-hybridized carbons (Fsp3) is 0.909. The highest BCUT2D eigenvalue weighted by Crippen LogP contribution is 2.25. The number of rotatable bonds is 4. The predicted octanol–water partition coefficient (Wildman–Crippen LogP) is 2.72. The van der Waals surface area contributed by atoms with Crippen LogP contribution in [0.5, 0.6) is 0 Å². The third kappa shape index (κ3) is 5.65. The summed E-state index contributed by atoms with van der Waals surface area (Å²) in [7, 11) is 0. The van der Waals surface area contributed by atoms with Crippen LogP contribution in [-0.2, 0) is 0 Å². The van der Waals surface area contributed by atoms with Crippen LogP contribution in [0.4, 0.5) is 0 Å². The molecule has 0 saturated heterocycles. The van der Waals surface area contributed by atoms with Gasteiger partial charge in [-0.2, -0.15) is 5.26 Å². The van der Waals surface area contributed by atoms with Gasteiger partial charge in [-0.25, -0.2) is 0 Å². The standard InChI is InChI=1S/C11H21NO/c1-5-6-9(8-12)10(13)7-11(2,3)4/h9-10,13H,5-7H2,1-4H3. The second-order valence-electron chi connectivity index (χ2n) is 4.86. The van der Waals surface area contributed by atoms with E-state index in [1.54, 1.807) is 0 Å². The van der Waals surface area contributed by atoms with Crippen molar-refractivity contribution < 1.29 is 5.11 Å². The van der Waals surface area contributed by atoms with Crippen LogP contribution in [0.2, 0.25) is 0 Å². The van der Waals surface area contributed by atoms with Gasteiger partial charge in [-0.3, -0.25) is 0 Å². The second-order valence-corrected chi connectivity index (χ2v) is 4.86. The average molecular weight is 183 g/mol. The van der Waals surface area contributed by atoms with Crippen LogP contribution < -0.4 is 0 Å². The van der Waals surface area contributed by atoms with Crippen molar-refractivity contribution in [2.24, 2.45) is 11.3 Å². The third-order valence-electron chi connectivity index (χ3n) is 2.05. The normalized spacial score (nSPS) is 16.3. The summed E-state index contributed by atoms with van der Waals surface area (Å²) >= 11 is 0. The molecule has 0 aromatic carbocycles. The van der Waals surface area contributed by atoms with Gasteiger partial charge in [0.05, 0.1) is 18.1 Å². The zero-order valence-electron chi connectivity index (χ0n) is 9.17. The Bertz CT molecular complexity index is 176. The summed E-state index contributed by atoms with van der Waals surface area (Å²) in [5.41, 5.74) is 0.0995. The molecule has 2 atom stereocenters. The van der Waals surface area contributed by atoms with E-state index in [-0.39, 0.29) is 11.3 Å². The Morgan fingerprint density at radius 1 is 1.38 bits per heavy atom. The van der Waals surface area contributed by atoms with Crippen molar-refractivity contribution in [3.63, 3.8) is 0 Å². The van der Waals surface area contributed by atoms with Crippen LogP contribution in [0.1, 0.15) is 47.0 Å². The van der Waals surface area contributed by atoms with E-state index in [2.05, 4.69) is 26.8 Å². The number of hydrogen-bond donors (Lipinski definition) is 1. The molecule has 0 aliphatic heterocycles. The summed E-state index contributed by atoms with van der Waals surface area (Å²) in [5, 5.41) is 18.6. The van der Waals surface area contributed by atoms with Crippen LogP contribution >= 0.6 is 0 Å². The lowest BCUT2D eigenvalue weighted by Crippen LogP contribution is -2.25. The smallest absolute Gasteiger partial charge is 0.0722 e. The van der Waals surface area contributed by atoms with Crippen LogP contribution in [0, 0.1) is 22.7 Å². The molecule has 2 unspecified atom stereocenters. The van der Waals surface area contributed by atoms with E-state index >= 15 is 0 Å². The molecule has 2 heteroatoms. The topological polar surface area (TPSA) is 44.0 Å². The van der Waals surface area contributed by atoms with Crippen molar-refractivity contribution in [3.05, 3.63) is 0 Å². The molecule has 0 saturated carbocycles. The quantitative estimate of drug-likeness (QED) is 0.728. The molecule has 0 aromatic rings. The monoisotopic (exact) mass is 183 g/mol. The lowest BCUT2D eigenvalue weighted by molar-refractivity contribution is 0.0832. The highest BCUT2D eigenvalue weighted by Gasteiger charge is 2.23. The van der Waals surface area contributed by atoms with Crippen molar-refractivity contribution in [1.29, 1.82) is 5.26 Å². The van der Waals surface area contributed by atoms with Crippen molar-refractivity contribution in [2.45, 2.75) is 53.1 Å². The first-order valence-corrected chi connectivity index (χ1v) is 4.98. The number of nitrogens with zero attached hydrogens (tertiary/aromatic N) is 1. The Balaban J connectivity index is 4.08. The summed E-state index contributed by atoms with van der Waals surface area (Å²) in [6.07, 6.45) is 1.99. The number of aliphatic hydroxyl groups is 1. The lowest BCUT2D eigenvalue weighted by Gasteiger charge is -2.24. The Kier molecular flexibility index (Phi) is 5.02. The second kappa shape index (κ2) is 5.24. The largest absolute Gasteiger partial charge is 0.392 e. The molecule has 0 bridgehead atoms. The first-order chi connectivity index (χ1) is 5.90. The molecule has 0 amide bonds. The third-order valence-corrected chi connectivity index (χ3v) is 2.05. The van der Waals surface area contributed by atoms with E-state index in [0.717, 1.165) is 12.8 Å². The minimum atomic E-state index is -0.468. The Hall–Kier alpha value is -0.550. The molecule has 1 N–H and O–H groups in total. The van der Waals surface area contributed by atoms with Crippen LogP contribution in [-0.4, -0.2) is 11.2 Å². The van der Waals surface area contributed by atoms with Crippen LogP contribution in [0.3, 0.4) is 0 Å². The van der Waals surface area contributed by atoms with E-state index in [4.69, 9.17) is 5.26 Å². The highest BCUT2D eigenvalue weighted by molar-refractivity contribution is 4.89. The van der Waals surface area contributed by atoms with Gasteiger partial charge in [-0.15, -0.1) is 0 Å². The molecular formula is C11H21NO. The Labute approximate surface area is 81.6 Å². The van der Waals surface area contributed by atoms with Gasteiger partial charge in [0, 0.05) is 0 Å². The molecule has 0 radical (unpaired) electrons. The molecule has 0 heterocycles. The highest BCUT2D eigenvalue weighted by atomic mass is 16.3. The molecule has 76 valence electrons. The van der Waals surface area contributed by atoms with Gasteiger partial charge in [0.1, 0.15) is 0 Å². The van der Waals surface area contributed by atoms with Gasteiger partial charge in [0.25, 0.3) is 0 Å². The van der Waals surface area contributed by atoms with E-state index in [1.807, 2.05) is 6.92 Å². The Morgan fingerprint density at radius 2 is 1.92 bits per heavy atom. The van der Waals surface area contributed by atoms with Crippen molar-refractivity contribution in [1.82, 2.24) is 0 Å². The average Bonchev–Trinajstić information content (AvgIpc) is 1.96. The Morgan fingerprint density at radius 3 is 2.23 bits per heavy atom. The van der Waals surface area contributed by atoms with E-state index < -0.39 is 6.10 Å². The predicted molar refractivity (Wildman–Crippen MR) is 54.1 cm³/mol. The maximum absolute atomic E-state index is 9.75. The van der Waals surface area contributed by atoms with Gasteiger partial charge < -0.3 is 5.11 Å². The first kappa shape index (κ1) is 12.4. The van der Waals surface area contributed by atoms with Gasteiger partial charge in [0.2, 0.25) is 0 Å². The zero-order chi connectivity index (χ0) is 10.5. The maximum Gasteiger partial charge on any atom is 0.0722 e. The molecule has 0 aliphatic rings. The fourth-order valence-corrected chi connectivity index (χ4v) is 1.42. The molecule has 0 aromatic heterocycles. The summed E-state index contributed by atoms with van der Waals surface area (Å²) in [5.74, 6) is -0.191. The van der Waals surface area contributed by atoms with Crippen molar-refractivity contribution in [3.8, 4) is 6.07 Å². The molecule has 2 nitrogen and oxygen atoms in total. The van der Waals surface area contributed by atoms with Crippen molar-refractivity contribution >= 4 is 0 Å². The molecule has 0 spiro atoms. The summed E-state index contributed by atoms with van der Waals surface area (Å²) in [4.78, 5) is 0. The van der Waals surface area contributed by atoms with Gasteiger partial charge >= 0.3 is 0 Å². The van der Waals surface area contributed by atoms with Gasteiger partial charge in [-0.1, -0.05) is 34.1 Å². The maximum atomic E-state index is 9.75. The van der Waals surface area contributed by atoms with Gasteiger partial charge in [-0.05, 0) is 18.3 Å². The van der Waals surface area contributed by atoms with E-state index in [0.29, 0.717) is 6.42 Å². The van der Waals surface area contributed by atoms with Crippen LogP contribution in [0.15, 0.2) is 0 Å². The lowest BCUT2D eigenvalue weighted by atomic mass is 9.84. The summed E-state index contributed by atoms with van der Waals surface area (Å²) < 4.78 is 0. The molecule has 0 rings (SSSR count). The number of nitriles is 1. The minimum Gasteiger partial charge on any atom is -0.392 e. The molecule has 0 aliphatic carbocycles.